The van der Waals surface area contributed by atoms with Crippen molar-refractivity contribution in [2.24, 2.45) is 5.92 Å². The topological polar surface area (TPSA) is 43.4 Å². The quantitative estimate of drug-likeness (QED) is 0.609. The third kappa shape index (κ3) is 3.25. The highest BCUT2D eigenvalue weighted by molar-refractivity contribution is 6.10. The Morgan fingerprint density at radius 3 is 2.29 bits per heavy atom. The Morgan fingerprint density at radius 2 is 1.62 bits per heavy atom. The van der Waals surface area contributed by atoms with Gasteiger partial charge in [-0.25, -0.2) is 0 Å². The van der Waals surface area contributed by atoms with Crippen LogP contribution in [0.5, 0.6) is 0 Å². The molecular formula is C21H22O3. The molecule has 0 saturated carbocycles. The molecule has 2 aromatic carbocycles. The third-order valence-electron chi connectivity index (χ3n) is 4.28. The maximum atomic E-state index is 12.8. The first-order chi connectivity index (χ1) is 11.4. The number of ketones is 1. The molecule has 1 aliphatic rings. The van der Waals surface area contributed by atoms with Gasteiger partial charge in [-0.1, -0.05) is 54.6 Å². The molecule has 2 aromatic rings. The summed E-state index contributed by atoms with van der Waals surface area (Å²) >= 11 is 0. The zero-order chi connectivity index (χ0) is 17.3. The van der Waals surface area contributed by atoms with Gasteiger partial charge in [-0.05, 0) is 38.3 Å². The largest absolute Gasteiger partial charge is 0.459 e. The molecule has 0 bridgehead atoms. The van der Waals surface area contributed by atoms with E-state index >= 15 is 0 Å². The van der Waals surface area contributed by atoms with E-state index in [1.54, 1.807) is 0 Å². The third-order valence-corrected chi connectivity index (χ3v) is 4.28. The van der Waals surface area contributed by atoms with Gasteiger partial charge in [0, 0.05) is 11.5 Å². The molecule has 2 atom stereocenters. The van der Waals surface area contributed by atoms with Crippen molar-refractivity contribution < 1.29 is 14.3 Å². The summed E-state index contributed by atoms with van der Waals surface area (Å²) in [4.78, 5) is 25.4. The molecule has 0 fully saturated rings. The van der Waals surface area contributed by atoms with Gasteiger partial charge in [0.25, 0.3) is 0 Å². The lowest BCUT2D eigenvalue weighted by atomic mass is 9.73. The van der Waals surface area contributed by atoms with Crippen LogP contribution in [-0.2, 0) is 9.53 Å². The van der Waals surface area contributed by atoms with Gasteiger partial charge in [-0.2, -0.15) is 0 Å². The zero-order valence-corrected chi connectivity index (χ0v) is 14.3. The lowest BCUT2D eigenvalue weighted by molar-refractivity contribution is -0.158. The molecule has 0 heterocycles. The fraction of sp³-hybridized carbons (Fsp3) is 0.333. The minimum absolute atomic E-state index is 0.0256. The second kappa shape index (κ2) is 6.23. The van der Waals surface area contributed by atoms with E-state index < -0.39 is 17.5 Å². The molecule has 3 rings (SSSR count). The van der Waals surface area contributed by atoms with Crippen LogP contribution in [0.4, 0.5) is 0 Å². The van der Waals surface area contributed by atoms with Gasteiger partial charge in [-0.15, -0.1) is 0 Å². The van der Waals surface area contributed by atoms with Crippen molar-refractivity contribution in [1.29, 1.82) is 0 Å². The summed E-state index contributed by atoms with van der Waals surface area (Å²) in [5, 5.41) is 0. The van der Waals surface area contributed by atoms with Gasteiger partial charge in [0.05, 0.1) is 0 Å². The lowest BCUT2D eigenvalue weighted by Gasteiger charge is -2.31. The molecule has 0 saturated heterocycles. The average molecular weight is 322 g/mol. The van der Waals surface area contributed by atoms with E-state index in [-0.39, 0.29) is 11.7 Å². The molecule has 0 radical (unpaired) electrons. The van der Waals surface area contributed by atoms with Crippen molar-refractivity contribution in [2.75, 3.05) is 0 Å². The molecule has 0 aliphatic heterocycles. The second-order valence-corrected chi connectivity index (χ2v) is 7.24. The van der Waals surface area contributed by atoms with E-state index in [2.05, 4.69) is 0 Å². The number of benzene rings is 2. The molecule has 124 valence electrons. The van der Waals surface area contributed by atoms with Crippen LogP contribution >= 0.6 is 0 Å². The number of hydrogen-bond acceptors (Lipinski definition) is 3. The second-order valence-electron chi connectivity index (χ2n) is 7.24. The first-order valence-electron chi connectivity index (χ1n) is 8.28. The Balaban J connectivity index is 2.01. The first-order valence-corrected chi connectivity index (χ1v) is 8.28. The van der Waals surface area contributed by atoms with E-state index in [9.17, 15) is 9.59 Å². The zero-order valence-electron chi connectivity index (χ0n) is 14.3. The predicted octanol–water partition coefficient (Wildman–Crippen LogP) is 4.36. The van der Waals surface area contributed by atoms with Crippen molar-refractivity contribution >= 4 is 11.8 Å². The smallest absolute Gasteiger partial charge is 0.317 e. The normalized spacial score (nSPS) is 20.4. The summed E-state index contributed by atoms with van der Waals surface area (Å²) < 4.78 is 5.49. The van der Waals surface area contributed by atoms with Crippen molar-refractivity contribution in [3.05, 3.63) is 71.3 Å². The molecular weight excluding hydrogens is 300 g/mol. The minimum Gasteiger partial charge on any atom is -0.459 e. The highest BCUT2D eigenvalue weighted by atomic mass is 16.6. The van der Waals surface area contributed by atoms with E-state index in [0.717, 1.165) is 11.1 Å². The van der Waals surface area contributed by atoms with Crippen molar-refractivity contribution in [3.63, 3.8) is 0 Å². The molecule has 2 unspecified atom stereocenters. The van der Waals surface area contributed by atoms with Crippen LogP contribution < -0.4 is 0 Å². The van der Waals surface area contributed by atoms with Crippen LogP contribution in [-0.4, -0.2) is 17.4 Å². The predicted molar refractivity (Wildman–Crippen MR) is 93.0 cm³/mol. The molecule has 24 heavy (non-hydrogen) atoms. The number of carbonyl (C=O) groups is 2. The van der Waals surface area contributed by atoms with Crippen LogP contribution in [0.1, 0.15) is 54.6 Å². The molecule has 0 amide bonds. The molecule has 0 spiro atoms. The number of carbonyl (C=O) groups excluding carboxylic acids is 2. The Kier molecular flexibility index (Phi) is 4.27. The number of ether oxygens (including phenoxy) is 1. The summed E-state index contributed by atoms with van der Waals surface area (Å²) in [6, 6.07) is 17.6. The highest BCUT2D eigenvalue weighted by Crippen LogP contribution is 2.39. The van der Waals surface area contributed by atoms with Gasteiger partial charge < -0.3 is 4.74 Å². The molecule has 0 aromatic heterocycles. The molecule has 0 N–H and O–H groups in total. The van der Waals surface area contributed by atoms with Crippen molar-refractivity contribution in [3.8, 4) is 0 Å². The molecule has 1 aliphatic carbocycles. The Bertz CT molecular complexity index is 756. The first kappa shape index (κ1) is 16.4. The maximum absolute atomic E-state index is 12.8. The fourth-order valence-electron chi connectivity index (χ4n) is 3.26. The standard InChI is InChI=1S/C21H22O3/c1-21(2,3)24-20(23)18-13-17(14-9-5-4-6-10-14)15-11-7-8-12-16(15)19(18)22/h4-12,17-18H,13H2,1-3H3. The average Bonchev–Trinajstić information content (AvgIpc) is 2.54. The number of fused-ring (bicyclic) bond motifs is 1. The van der Waals surface area contributed by atoms with E-state index in [4.69, 9.17) is 4.74 Å². The van der Waals surface area contributed by atoms with Crippen LogP contribution in [0.25, 0.3) is 0 Å². The highest BCUT2D eigenvalue weighted by Gasteiger charge is 2.40. The number of Topliss-reactive ketones (excluding diaryl/α,β-unsaturated/α-hetero) is 1. The van der Waals surface area contributed by atoms with Crippen LogP contribution in [0.15, 0.2) is 54.6 Å². The maximum Gasteiger partial charge on any atom is 0.317 e. The summed E-state index contributed by atoms with van der Waals surface area (Å²) in [5.41, 5.74) is 2.14. The number of hydrogen-bond donors (Lipinski definition) is 0. The van der Waals surface area contributed by atoms with Gasteiger partial charge in [0.2, 0.25) is 0 Å². The fourth-order valence-corrected chi connectivity index (χ4v) is 3.26. The minimum atomic E-state index is -0.746. The molecule has 3 heteroatoms. The van der Waals surface area contributed by atoms with Crippen molar-refractivity contribution in [1.82, 2.24) is 0 Å². The van der Waals surface area contributed by atoms with Crippen LogP contribution in [0.2, 0.25) is 0 Å². The summed E-state index contributed by atoms with van der Waals surface area (Å²) in [6.45, 7) is 5.46. The van der Waals surface area contributed by atoms with E-state index in [1.807, 2.05) is 75.4 Å². The molecule has 3 nitrogen and oxygen atoms in total. The van der Waals surface area contributed by atoms with Crippen LogP contribution in [0.3, 0.4) is 0 Å². The Labute approximate surface area is 142 Å². The summed E-state index contributed by atoms with van der Waals surface area (Å²) in [5.74, 6) is -1.28. The van der Waals surface area contributed by atoms with Gasteiger partial charge in [0.1, 0.15) is 11.5 Å². The Hall–Kier alpha value is -2.42. The number of esters is 1. The van der Waals surface area contributed by atoms with Gasteiger partial charge >= 0.3 is 5.97 Å². The van der Waals surface area contributed by atoms with Gasteiger partial charge in [-0.3, -0.25) is 9.59 Å². The Morgan fingerprint density at radius 1 is 1.00 bits per heavy atom. The summed E-state index contributed by atoms with van der Waals surface area (Å²) in [7, 11) is 0. The van der Waals surface area contributed by atoms with E-state index in [1.165, 1.54) is 0 Å². The van der Waals surface area contributed by atoms with Gasteiger partial charge in [0.15, 0.2) is 5.78 Å². The number of rotatable bonds is 2. The van der Waals surface area contributed by atoms with E-state index in [0.29, 0.717) is 12.0 Å². The lowest BCUT2D eigenvalue weighted by Crippen LogP contribution is -2.36. The SMILES string of the molecule is CC(C)(C)OC(=O)C1CC(c2ccccc2)c2ccccc2C1=O. The van der Waals surface area contributed by atoms with Crippen molar-refractivity contribution in [2.45, 2.75) is 38.7 Å². The van der Waals surface area contributed by atoms with Crippen LogP contribution in [0, 0.1) is 5.92 Å². The monoisotopic (exact) mass is 322 g/mol. The summed E-state index contributed by atoms with van der Waals surface area (Å²) in [6.07, 6.45) is 0.453.